The highest BCUT2D eigenvalue weighted by atomic mass is 32.2. The van der Waals surface area contributed by atoms with Gasteiger partial charge in [0.2, 0.25) is 21.8 Å². The third kappa shape index (κ3) is 6.83. The van der Waals surface area contributed by atoms with Gasteiger partial charge in [-0.1, -0.05) is 36.7 Å². The Kier molecular flexibility index (Phi) is 8.42. The van der Waals surface area contributed by atoms with Crippen molar-refractivity contribution < 1.29 is 22.4 Å². The summed E-state index contributed by atoms with van der Waals surface area (Å²) in [6, 6.07) is 13.9. The summed E-state index contributed by atoms with van der Waals surface area (Å²) >= 11 is 1.14. The van der Waals surface area contributed by atoms with Crippen molar-refractivity contribution >= 4 is 33.4 Å². The number of carbonyl (C=O) groups is 1. The zero-order chi connectivity index (χ0) is 24.7. The first-order valence-corrected chi connectivity index (χ1v) is 13.8. The maximum absolute atomic E-state index is 12.9. The van der Waals surface area contributed by atoms with E-state index in [1.807, 2.05) is 24.3 Å². The van der Waals surface area contributed by atoms with Gasteiger partial charge < -0.3 is 14.5 Å². The molecule has 0 aliphatic carbocycles. The van der Waals surface area contributed by atoms with Crippen molar-refractivity contribution in [1.82, 2.24) is 14.5 Å². The number of nitrogens with one attached hydrogen (secondary N) is 1. The molecule has 0 saturated carbocycles. The maximum Gasteiger partial charge on any atom is 0.277 e. The fourth-order valence-electron chi connectivity index (χ4n) is 3.75. The normalized spacial score (nSPS) is 14.9. The number of benzene rings is 2. The highest BCUT2D eigenvalue weighted by molar-refractivity contribution is 7.99. The van der Waals surface area contributed by atoms with E-state index in [1.165, 1.54) is 12.1 Å². The first-order valence-electron chi connectivity index (χ1n) is 11.4. The quantitative estimate of drug-likeness (QED) is 0.425. The van der Waals surface area contributed by atoms with Crippen LogP contribution in [-0.4, -0.2) is 54.8 Å². The molecule has 0 unspecified atom stereocenters. The van der Waals surface area contributed by atoms with Crippen LogP contribution in [0.3, 0.4) is 0 Å². The van der Waals surface area contributed by atoms with Crippen LogP contribution in [-0.2, 0) is 21.2 Å². The lowest BCUT2D eigenvalue weighted by Gasteiger charge is -2.20. The predicted molar refractivity (Wildman–Crippen MR) is 133 cm³/mol. The van der Waals surface area contributed by atoms with Gasteiger partial charge in [-0.15, -0.1) is 10.2 Å². The molecular weight excluding hydrogens is 488 g/mol. The Balaban J connectivity index is 1.27. The van der Waals surface area contributed by atoms with Crippen molar-refractivity contribution in [3.05, 3.63) is 60.0 Å². The number of carbonyl (C=O) groups excluding carboxylic acids is 1. The highest BCUT2D eigenvalue weighted by Gasteiger charge is 2.25. The Morgan fingerprint density at radius 1 is 1.03 bits per heavy atom. The zero-order valence-electron chi connectivity index (χ0n) is 19.5. The molecule has 11 heteroatoms. The summed E-state index contributed by atoms with van der Waals surface area (Å²) in [5.74, 6) is 1.06. The monoisotopic (exact) mass is 516 g/mol. The van der Waals surface area contributed by atoms with Crippen LogP contribution in [0.2, 0.25) is 0 Å². The number of ether oxygens (including phenoxy) is 1. The number of anilines is 1. The number of thioether (sulfide) groups is 1. The minimum absolute atomic E-state index is 0.0813. The molecule has 186 valence electrons. The van der Waals surface area contributed by atoms with Crippen LogP contribution < -0.4 is 10.1 Å². The van der Waals surface area contributed by atoms with Crippen LogP contribution in [0.15, 0.2) is 63.1 Å². The molecule has 2 heterocycles. The van der Waals surface area contributed by atoms with E-state index in [-0.39, 0.29) is 16.6 Å². The second-order valence-electron chi connectivity index (χ2n) is 8.17. The Bertz CT molecular complexity index is 1220. The SMILES string of the molecule is COc1ccc(Cc2nnc(SCC(=O)Nc3ccc(S(=O)(=O)N4CCCCCC4)cc3)o2)cc1. The van der Waals surface area contributed by atoms with Crippen LogP contribution in [0, 0.1) is 0 Å². The van der Waals surface area contributed by atoms with Gasteiger partial charge in [0.15, 0.2) is 0 Å². The first kappa shape index (κ1) is 25.2. The third-order valence-corrected chi connectivity index (χ3v) is 8.36. The standard InChI is InChI=1S/C24H28N4O5S2/c1-32-20-10-6-18(7-11-20)16-23-26-27-24(33-23)34-17-22(29)25-19-8-12-21(13-9-19)35(30,31)28-14-4-2-3-5-15-28/h6-13H,2-5,14-17H2,1H3,(H,25,29). The van der Waals surface area contributed by atoms with Gasteiger partial charge in [0.25, 0.3) is 5.22 Å². The van der Waals surface area contributed by atoms with Gasteiger partial charge in [-0.05, 0) is 54.8 Å². The summed E-state index contributed by atoms with van der Waals surface area (Å²) < 4.78 is 38.1. The number of methoxy groups -OCH3 is 1. The summed E-state index contributed by atoms with van der Waals surface area (Å²) in [6.07, 6.45) is 4.36. The minimum atomic E-state index is -3.52. The largest absolute Gasteiger partial charge is 0.497 e. The van der Waals surface area contributed by atoms with Gasteiger partial charge in [-0.25, -0.2) is 8.42 Å². The molecule has 0 radical (unpaired) electrons. The molecule has 1 N–H and O–H groups in total. The molecule has 0 bridgehead atoms. The molecule has 3 aromatic rings. The van der Waals surface area contributed by atoms with Crippen molar-refractivity contribution in [2.75, 3.05) is 31.3 Å². The summed E-state index contributed by atoms with van der Waals surface area (Å²) in [5.41, 5.74) is 1.53. The Morgan fingerprint density at radius 2 is 1.71 bits per heavy atom. The molecule has 1 aliphatic rings. The van der Waals surface area contributed by atoms with E-state index < -0.39 is 10.0 Å². The van der Waals surface area contributed by atoms with E-state index in [2.05, 4.69) is 15.5 Å². The van der Waals surface area contributed by atoms with E-state index in [0.717, 1.165) is 48.8 Å². The lowest BCUT2D eigenvalue weighted by Crippen LogP contribution is -2.31. The lowest BCUT2D eigenvalue weighted by atomic mass is 10.1. The number of rotatable bonds is 9. The number of aromatic nitrogens is 2. The van der Waals surface area contributed by atoms with Crippen LogP contribution in [0.25, 0.3) is 0 Å². The summed E-state index contributed by atoms with van der Waals surface area (Å²) in [7, 11) is -1.90. The molecule has 1 aromatic heterocycles. The molecule has 1 amide bonds. The van der Waals surface area contributed by atoms with Gasteiger partial charge in [-0.3, -0.25) is 4.79 Å². The molecular formula is C24H28N4O5S2. The molecule has 1 aliphatic heterocycles. The molecule has 35 heavy (non-hydrogen) atoms. The summed E-state index contributed by atoms with van der Waals surface area (Å²) in [6.45, 7) is 1.10. The van der Waals surface area contributed by atoms with E-state index in [9.17, 15) is 13.2 Å². The summed E-state index contributed by atoms with van der Waals surface area (Å²) in [5, 5.41) is 11.1. The van der Waals surface area contributed by atoms with Gasteiger partial charge in [0.05, 0.1) is 24.2 Å². The first-order chi connectivity index (χ1) is 16.9. The fourth-order valence-corrected chi connectivity index (χ4v) is 5.85. The van der Waals surface area contributed by atoms with E-state index in [0.29, 0.717) is 36.3 Å². The lowest BCUT2D eigenvalue weighted by molar-refractivity contribution is -0.113. The molecule has 0 atom stereocenters. The Morgan fingerprint density at radius 3 is 2.37 bits per heavy atom. The third-order valence-electron chi connectivity index (χ3n) is 5.63. The van der Waals surface area contributed by atoms with Crippen LogP contribution in [0.1, 0.15) is 37.1 Å². The number of sulfonamides is 1. The van der Waals surface area contributed by atoms with Crippen molar-refractivity contribution in [3.8, 4) is 5.75 Å². The second kappa shape index (κ2) is 11.7. The van der Waals surface area contributed by atoms with Crippen molar-refractivity contribution in [2.24, 2.45) is 0 Å². The molecule has 0 spiro atoms. The molecule has 4 rings (SSSR count). The number of hydrogen-bond acceptors (Lipinski definition) is 8. The van der Waals surface area contributed by atoms with E-state index in [1.54, 1.807) is 23.5 Å². The van der Waals surface area contributed by atoms with Gasteiger partial charge in [0.1, 0.15) is 5.75 Å². The van der Waals surface area contributed by atoms with E-state index in [4.69, 9.17) is 9.15 Å². The van der Waals surface area contributed by atoms with Crippen LogP contribution in [0.5, 0.6) is 5.75 Å². The molecule has 1 fully saturated rings. The van der Waals surface area contributed by atoms with Crippen LogP contribution in [0.4, 0.5) is 5.69 Å². The van der Waals surface area contributed by atoms with Crippen molar-refractivity contribution in [2.45, 2.75) is 42.2 Å². The van der Waals surface area contributed by atoms with Gasteiger partial charge in [-0.2, -0.15) is 4.31 Å². The minimum Gasteiger partial charge on any atom is -0.497 e. The fraction of sp³-hybridized carbons (Fsp3) is 0.375. The number of hydrogen-bond donors (Lipinski definition) is 1. The molecule has 9 nitrogen and oxygen atoms in total. The predicted octanol–water partition coefficient (Wildman–Crippen LogP) is 3.96. The molecule has 1 saturated heterocycles. The average Bonchev–Trinajstić information content (AvgIpc) is 3.12. The zero-order valence-corrected chi connectivity index (χ0v) is 21.1. The summed E-state index contributed by atoms with van der Waals surface area (Å²) in [4.78, 5) is 12.6. The Labute approximate surface area is 209 Å². The van der Waals surface area contributed by atoms with E-state index >= 15 is 0 Å². The smallest absolute Gasteiger partial charge is 0.277 e. The maximum atomic E-state index is 12.9. The van der Waals surface area contributed by atoms with Crippen molar-refractivity contribution in [1.29, 1.82) is 0 Å². The number of amides is 1. The van der Waals surface area contributed by atoms with Gasteiger partial charge in [0, 0.05) is 18.8 Å². The van der Waals surface area contributed by atoms with Gasteiger partial charge >= 0.3 is 0 Å². The second-order valence-corrected chi connectivity index (χ2v) is 11.0. The Hall–Kier alpha value is -2.89. The average molecular weight is 517 g/mol. The highest BCUT2D eigenvalue weighted by Crippen LogP contribution is 2.23. The number of nitrogens with zero attached hydrogens (tertiary/aromatic N) is 3. The topological polar surface area (TPSA) is 115 Å². The molecule has 2 aromatic carbocycles. The van der Waals surface area contributed by atoms with Crippen LogP contribution >= 0.6 is 11.8 Å². The van der Waals surface area contributed by atoms with Crippen molar-refractivity contribution in [3.63, 3.8) is 0 Å².